The number of ketones is 1. The van der Waals surface area contributed by atoms with Crippen LogP contribution in [-0.4, -0.2) is 19.4 Å². The molecule has 94 valence electrons. The zero-order valence-corrected chi connectivity index (χ0v) is 11.8. The lowest BCUT2D eigenvalue weighted by Gasteiger charge is -2.24. The highest BCUT2D eigenvalue weighted by molar-refractivity contribution is 5.81. The van der Waals surface area contributed by atoms with E-state index in [0.29, 0.717) is 6.54 Å². The van der Waals surface area contributed by atoms with Crippen LogP contribution in [0.1, 0.15) is 38.8 Å². The molecule has 2 heteroatoms. The molecule has 0 atom stereocenters. The fraction of sp³-hybridized carbons (Fsp3) is 0.533. The first-order chi connectivity index (χ1) is 7.71. The Morgan fingerprint density at radius 2 is 1.88 bits per heavy atom. The number of benzene rings is 1. The van der Waals surface area contributed by atoms with Crippen LogP contribution in [0.4, 0.5) is 5.69 Å². The summed E-state index contributed by atoms with van der Waals surface area (Å²) in [6.07, 6.45) is 0. The molecule has 0 aromatic heterocycles. The Hall–Kier alpha value is -1.31. The number of aryl methyl sites for hydroxylation is 1. The minimum Gasteiger partial charge on any atom is -0.367 e. The highest BCUT2D eigenvalue weighted by atomic mass is 16.1. The van der Waals surface area contributed by atoms with Gasteiger partial charge in [0.15, 0.2) is 0 Å². The number of rotatable bonds is 3. The summed E-state index contributed by atoms with van der Waals surface area (Å²) in [5.74, 6) is 0.187. The first kappa shape index (κ1) is 13.8. The van der Waals surface area contributed by atoms with Gasteiger partial charge >= 0.3 is 0 Å². The second-order valence-corrected chi connectivity index (χ2v) is 5.81. The summed E-state index contributed by atoms with van der Waals surface area (Å²) in [7, 11) is 1.96. The predicted molar refractivity (Wildman–Crippen MR) is 73.8 cm³/mol. The molecule has 0 bridgehead atoms. The van der Waals surface area contributed by atoms with Crippen molar-refractivity contribution < 1.29 is 4.79 Å². The SMILES string of the molecule is CC(=O)CN(C)c1ccc(C(C)(C)C)cc1C. The van der Waals surface area contributed by atoms with Gasteiger partial charge < -0.3 is 4.90 Å². The molecule has 17 heavy (non-hydrogen) atoms. The molecular formula is C15H23NO. The lowest BCUT2D eigenvalue weighted by molar-refractivity contribution is -0.115. The number of carbonyl (C=O) groups excluding carboxylic acids is 1. The van der Waals surface area contributed by atoms with E-state index in [1.165, 1.54) is 11.1 Å². The molecule has 0 aliphatic carbocycles. The van der Waals surface area contributed by atoms with Crippen LogP contribution in [0.5, 0.6) is 0 Å². The van der Waals surface area contributed by atoms with Gasteiger partial charge in [-0.15, -0.1) is 0 Å². The van der Waals surface area contributed by atoms with E-state index in [1.807, 2.05) is 11.9 Å². The Kier molecular flexibility index (Phi) is 3.97. The van der Waals surface area contributed by atoms with Crippen molar-refractivity contribution in [2.75, 3.05) is 18.5 Å². The van der Waals surface area contributed by atoms with E-state index >= 15 is 0 Å². The van der Waals surface area contributed by atoms with Crippen molar-refractivity contribution in [3.05, 3.63) is 29.3 Å². The third kappa shape index (κ3) is 3.58. The van der Waals surface area contributed by atoms with Crippen molar-refractivity contribution in [1.82, 2.24) is 0 Å². The Bertz CT molecular complexity index is 415. The second kappa shape index (κ2) is 4.91. The van der Waals surface area contributed by atoms with E-state index in [4.69, 9.17) is 0 Å². The van der Waals surface area contributed by atoms with Gasteiger partial charge in [-0.1, -0.05) is 32.9 Å². The summed E-state index contributed by atoms with van der Waals surface area (Å²) in [6, 6.07) is 6.48. The molecule has 0 amide bonds. The molecule has 0 unspecified atom stereocenters. The van der Waals surface area contributed by atoms with Gasteiger partial charge in [-0.3, -0.25) is 4.79 Å². The molecule has 0 aliphatic rings. The van der Waals surface area contributed by atoms with Gasteiger partial charge in [0.25, 0.3) is 0 Å². The third-order valence-corrected chi connectivity index (χ3v) is 2.93. The van der Waals surface area contributed by atoms with E-state index in [2.05, 4.69) is 45.9 Å². The Labute approximate surface area is 105 Å². The monoisotopic (exact) mass is 233 g/mol. The number of hydrogen-bond acceptors (Lipinski definition) is 2. The van der Waals surface area contributed by atoms with E-state index in [1.54, 1.807) is 6.92 Å². The molecule has 0 saturated heterocycles. The number of anilines is 1. The zero-order valence-electron chi connectivity index (χ0n) is 11.8. The van der Waals surface area contributed by atoms with E-state index in [0.717, 1.165) is 5.69 Å². The van der Waals surface area contributed by atoms with Crippen LogP contribution in [0.3, 0.4) is 0 Å². The van der Waals surface area contributed by atoms with Crippen LogP contribution >= 0.6 is 0 Å². The fourth-order valence-corrected chi connectivity index (χ4v) is 1.97. The molecule has 0 saturated carbocycles. The number of hydrogen-bond donors (Lipinski definition) is 0. The average Bonchev–Trinajstić information content (AvgIpc) is 2.14. The maximum Gasteiger partial charge on any atom is 0.149 e. The van der Waals surface area contributed by atoms with Gasteiger partial charge in [0.1, 0.15) is 5.78 Å². The molecule has 0 spiro atoms. The van der Waals surface area contributed by atoms with Gasteiger partial charge in [-0.2, -0.15) is 0 Å². The molecule has 1 rings (SSSR count). The topological polar surface area (TPSA) is 20.3 Å². The Balaban J connectivity index is 3.02. The predicted octanol–water partition coefficient (Wildman–Crippen LogP) is 3.32. The van der Waals surface area contributed by atoms with Crippen molar-refractivity contribution in [3.8, 4) is 0 Å². The number of nitrogens with zero attached hydrogens (tertiary/aromatic N) is 1. The van der Waals surface area contributed by atoms with Crippen LogP contribution in [0.2, 0.25) is 0 Å². The number of Topliss-reactive ketones (excluding diaryl/α,β-unsaturated/α-hetero) is 1. The van der Waals surface area contributed by atoms with E-state index in [-0.39, 0.29) is 11.2 Å². The van der Waals surface area contributed by atoms with Gasteiger partial charge in [-0.25, -0.2) is 0 Å². The highest BCUT2D eigenvalue weighted by Crippen LogP contribution is 2.27. The molecule has 2 nitrogen and oxygen atoms in total. The highest BCUT2D eigenvalue weighted by Gasteiger charge is 2.15. The molecule has 1 aromatic rings. The van der Waals surface area contributed by atoms with Crippen molar-refractivity contribution in [1.29, 1.82) is 0 Å². The maximum atomic E-state index is 11.1. The summed E-state index contributed by atoms with van der Waals surface area (Å²) < 4.78 is 0. The minimum absolute atomic E-state index is 0.169. The molecule has 0 aliphatic heterocycles. The van der Waals surface area contributed by atoms with Crippen molar-refractivity contribution in [2.24, 2.45) is 0 Å². The van der Waals surface area contributed by atoms with Crippen LogP contribution in [-0.2, 0) is 10.2 Å². The Morgan fingerprint density at radius 3 is 2.29 bits per heavy atom. The van der Waals surface area contributed by atoms with Gasteiger partial charge in [-0.05, 0) is 36.5 Å². The third-order valence-electron chi connectivity index (χ3n) is 2.93. The van der Waals surface area contributed by atoms with Crippen molar-refractivity contribution >= 4 is 11.5 Å². The molecule has 1 aromatic carbocycles. The van der Waals surface area contributed by atoms with Gasteiger partial charge in [0.2, 0.25) is 0 Å². The standard InChI is InChI=1S/C15H23NO/c1-11-9-13(15(3,4)5)7-8-14(11)16(6)10-12(2)17/h7-9H,10H2,1-6H3. The largest absolute Gasteiger partial charge is 0.367 e. The quantitative estimate of drug-likeness (QED) is 0.798. The average molecular weight is 233 g/mol. The van der Waals surface area contributed by atoms with Crippen LogP contribution in [0.15, 0.2) is 18.2 Å². The summed E-state index contributed by atoms with van der Waals surface area (Å²) >= 11 is 0. The first-order valence-electron chi connectivity index (χ1n) is 6.03. The second-order valence-electron chi connectivity index (χ2n) is 5.81. The van der Waals surface area contributed by atoms with Crippen molar-refractivity contribution in [3.63, 3.8) is 0 Å². The molecular weight excluding hydrogens is 210 g/mol. The summed E-state index contributed by atoms with van der Waals surface area (Å²) in [6.45, 7) is 10.8. The lowest BCUT2D eigenvalue weighted by Crippen LogP contribution is -2.24. The molecule has 0 heterocycles. The summed E-state index contributed by atoms with van der Waals surface area (Å²) in [5.41, 5.74) is 3.85. The first-order valence-corrected chi connectivity index (χ1v) is 6.03. The molecule has 0 fully saturated rings. The normalized spacial score (nSPS) is 11.4. The van der Waals surface area contributed by atoms with Crippen LogP contribution < -0.4 is 4.90 Å². The molecule has 0 N–H and O–H groups in total. The molecule has 0 radical (unpaired) electrons. The van der Waals surface area contributed by atoms with E-state index in [9.17, 15) is 4.79 Å². The summed E-state index contributed by atoms with van der Waals surface area (Å²) in [5, 5.41) is 0. The van der Waals surface area contributed by atoms with Crippen LogP contribution in [0.25, 0.3) is 0 Å². The smallest absolute Gasteiger partial charge is 0.149 e. The van der Waals surface area contributed by atoms with Gasteiger partial charge in [0.05, 0.1) is 6.54 Å². The van der Waals surface area contributed by atoms with Crippen molar-refractivity contribution in [2.45, 2.75) is 40.0 Å². The zero-order chi connectivity index (χ0) is 13.2. The minimum atomic E-state index is 0.169. The lowest BCUT2D eigenvalue weighted by atomic mass is 9.86. The maximum absolute atomic E-state index is 11.1. The van der Waals surface area contributed by atoms with E-state index < -0.39 is 0 Å². The van der Waals surface area contributed by atoms with Crippen LogP contribution in [0, 0.1) is 6.92 Å². The summed E-state index contributed by atoms with van der Waals surface area (Å²) in [4.78, 5) is 13.1. The Morgan fingerprint density at radius 1 is 1.29 bits per heavy atom. The van der Waals surface area contributed by atoms with Gasteiger partial charge in [0, 0.05) is 12.7 Å². The number of carbonyl (C=O) groups is 1. The fourth-order valence-electron chi connectivity index (χ4n) is 1.97. The number of likely N-dealkylation sites (N-methyl/N-ethyl adjacent to an activating group) is 1.